The number of hydrogen-bond acceptors (Lipinski definition) is 4. The molecule has 3 rings (SSSR count). The van der Waals surface area contributed by atoms with Crippen LogP contribution in [0.4, 0.5) is 4.79 Å². The molecule has 1 heterocycles. The van der Waals surface area contributed by atoms with Crippen LogP contribution in [-0.4, -0.2) is 29.4 Å². The molecule has 0 spiro atoms. The average molecular weight is 401 g/mol. The van der Waals surface area contributed by atoms with Crippen molar-refractivity contribution in [2.45, 2.75) is 25.4 Å². The topological polar surface area (TPSA) is 90.5 Å². The highest BCUT2D eigenvalue weighted by Crippen LogP contribution is 2.27. The Kier molecular flexibility index (Phi) is 5.67. The van der Waals surface area contributed by atoms with Crippen LogP contribution in [-0.2, 0) is 15.1 Å². The number of halogens is 1. The maximum absolute atomic E-state index is 12.8. The summed E-state index contributed by atoms with van der Waals surface area (Å²) in [6.07, 6.45) is 0. The number of rotatable bonds is 6. The molecule has 0 aromatic heterocycles. The molecule has 1 aliphatic heterocycles. The predicted molar refractivity (Wildman–Crippen MR) is 105 cm³/mol. The largest absolute Gasteiger partial charge is 0.344 e. The Labute approximate surface area is 168 Å². The molecule has 7 nitrogen and oxygen atoms in total. The number of imide groups is 1. The van der Waals surface area contributed by atoms with E-state index in [0.717, 1.165) is 10.6 Å². The number of hydrogen-bond donors (Lipinski definition) is 3. The lowest BCUT2D eigenvalue weighted by Gasteiger charge is -2.22. The molecule has 146 valence electrons. The summed E-state index contributed by atoms with van der Waals surface area (Å²) >= 11 is 5.87. The second kappa shape index (κ2) is 8.00. The molecule has 0 saturated carbocycles. The van der Waals surface area contributed by atoms with Crippen molar-refractivity contribution < 1.29 is 14.4 Å². The molecule has 0 aliphatic carbocycles. The summed E-state index contributed by atoms with van der Waals surface area (Å²) in [4.78, 5) is 37.3. The Morgan fingerprint density at radius 2 is 1.79 bits per heavy atom. The summed E-state index contributed by atoms with van der Waals surface area (Å²) in [6.45, 7) is 3.44. The molecule has 2 aromatic carbocycles. The van der Waals surface area contributed by atoms with Crippen LogP contribution in [0.2, 0.25) is 5.02 Å². The molecule has 4 amide bonds. The molecule has 2 atom stereocenters. The lowest BCUT2D eigenvalue weighted by Crippen LogP contribution is -2.50. The van der Waals surface area contributed by atoms with Crippen molar-refractivity contribution in [3.05, 3.63) is 70.7 Å². The third kappa shape index (κ3) is 4.00. The zero-order chi connectivity index (χ0) is 20.3. The molecule has 0 bridgehead atoms. The zero-order valence-corrected chi connectivity index (χ0v) is 16.3. The minimum atomic E-state index is -1.23. The van der Waals surface area contributed by atoms with Gasteiger partial charge >= 0.3 is 6.03 Å². The van der Waals surface area contributed by atoms with E-state index in [2.05, 4.69) is 16.1 Å². The first-order valence-corrected chi connectivity index (χ1v) is 9.19. The summed E-state index contributed by atoms with van der Waals surface area (Å²) < 4.78 is 0. The quantitative estimate of drug-likeness (QED) is 0.650. The first-order chi connectivity index (χ1) is 13.3. The fraction of sp³-hybridized carbons (Fsp3) is 0.250. The van der Waals surface area contributed by atoms with E-state index in [9.17, 15) is 14.4 Å². The minimum absolute atomic E-state index is 0.0666. The van der Waals surface area contributed by atoms with Crippen LogP contribution in [0.25, 0.3) is 0 Å². The molecule has 28 heavy (non-hydrogen) atoms. The van der Waals surface area contributed by atoms with Gasteiger partial charge in [0.15, 0.2) is 0 Å². The highest BCUT2D eigenvalue weighted by atomic mass is 35.5. The number of nitrogens with zero attached hydrogens (tertiary/aromatic N) is 1. The van der Waals surface area contributed by atoms with Crippen LogP contribution in [0.15, 0.2) is 54.6 Å². The van der Waals surface area contributed by atoms with Crippen molar-refractivity contribution in [1.82, 2.24) is 21.1 Å². The Bertz CT molecular complexity index is 888. The predicted octanol–water partition coefficient (Wildman–Crippen LogP) is 2.49. The van der Waals surface area contributed by atoms with Crippen LogP contribution in [0, 0.1) is 0 Å². The van der Waals surface area contributed by atoms with Gasteiger partial charge in [-0.15, -0.1) is 0 Å². The lowest BCUT2D eigenvalue weighted by molar-refractivity contribution is -0.138. The molecule has 3 N–H and O–H groups in total. The number of carbonyl (C=O) groups is 3. The third-order valence-corrected chi connectivity index (χ3v) is 4.97. The molecule has 0 unspecified atom stereocenters. The van der Waals surface area contributed by atoms with Crippen molar-refractivity contribution in [2.24, 2.45) is 0 Å². The zero-order valence-electron chi connectivity index (χ0n) is 15.5. The van der Waals surface area contributed by atoms with E-state index in [1.54, 1.807) is 43.3 Å². The second-order valence-electron chi connectivity index (χ2n) is 6.75. The van der Waals surface area contributed by atoms with Gasteiger partial charge in [0.05, 0.1) is 6.54 Å². The fourth-order valence-corrected chi connectivity index (χ4v) is 3.11. The Morgan fingerprint density at radius 1 is 1.14 bits per heavy atom. The van der Waals surface area contributed by atoms with Gasteiger partial charge in [0.2, 0.25) is 0 Å². The highest BCUT2D eigenvalue weighted by molar-refractivity contribution is 6.30. The lowest BCUT2D eigenvalue weighted by atomic mass is 9.92. The van der Waals surface area contributed by atoms with E-state index in [4.69, 9.17) is 11.6 Å². The molecule has 1 fully saturated rings. The number of urea groups is 1. The molecule has 1 aliphatic rings. The average Bonchev–Trinajstić information content (AvgIpc) is 2.91. The van der Waals surface area contributed by atoms with Crippen molar-refractivity contribution in [3.8, 4) is 0 Å². The molecular formula is C20H21ClN4O3. The van der Waals surface area contributed by atoms with Gasteiger partial charge in [-0.3, -0.25) is 15.0 Å². The van der Waals surface area contributed by atoms with Gasteiger partial charge in [0.25, 0.3) is 11.8 Å². The molecule has 2 aromatic rings. The van der Waals surface area contributed by atoms with Crippen LogP contribution >= 0.6 is 11.6 Å². The Hall–Kier alpha value is -2.90. The SMILES string of the molecule is C[C@@H](NCC(=O)NN1C(=O)N[C@](C)(c2ccccc2)C1=O)c1ccc(Cl)cc1. The number of carbonyl (C=O) groups excluding carboxylic acids is 3. The molecule has 1 saturated heterocycles. The van der Waals surface area contributed by atoms with E-state index >= 15 is 0 Å². The van der Waals surface area contributed by atoms with E-state index in [0.29, 0.717) is 10.6 Å². The summed E-state index contributed by atoms with van der Waals surface area (Å²) in [6, 6.07) is 15.4. The summed E-state index contributed by atoms with van der Waals surface area (Å²) in [5.74, 6) is -1.04. The van der Waals surface area contributed by atoms with E-state index in [-0.39, 0.29) is 12.6 Å². The summed E-state index contributed by atoms with van der Waals surface area (Å²) in [5.41, 5.74) is 2.74. The Balaban J connectivity index is 1.60. The van der Waals surface area contributed by atoms with Gasteiger partial charge in [0.1, 0.15) is 5.54 Å². The molecular weight excluding hydrogens is 380 g/mol. The van der Waals surface area contributed by atoms with Crippen LogP contribution < -0.4 is 16.1 Å². The van der Waals surface area contributed by atoms with E-state index in [1.807, 2.05) is 25.1 Å². The molecule has 0 radical (unpaired) electrons. The van der Waals surface area contributed by atoms with Gasteiger partial charge in [-0.25, -0.2) is 4.79 Å². The maximum Gasteiger partial charge on any atom is 0.344 e. The normalized spacial score (nSPS) is 20.0. The molecule has 8 heteroatoms. The third-order valence-electron chi connectivity index (χ3n) is 4.72. The van der Waals surface area contributed by atoms with Crippen molar-refractivity contribution in [3.63, 3.8) is 0 Å². The number of nitrogens with one attached hydrogen (secondary N) is 3. The smallest absolute Gasteiger partial charge is 0.318 e. The monoisotopic (exact) mass is 400 g/mol. The van der Waals surface area contributed by atoms with Gasteiger partial charge in [-0.2, -0.15) is 5.01 Å². The fourth-order valence-electron chi connectivity index (χ4n) is 2.99. The first kappa shape index (κ1) is 19.9. The minimum Gasteiger partial charge on any atom is -0.318 e. The van der Waals surface area contributed by atoms with Gasteiger partial charge in [-0.1, -0.05) is 54.1 Å². The summed E-state index contributed by atoms with van der Waals surface area (Å²) in [5, 5.41) is 7.05. The van der Waals surface area contributed by atoms with Crippen molar-refractivity contribution >= 4 is 29.4 Å². The second-order valence-corrected chi connectivity index (χ2v) is 7.19. The number of benzene rings is 2. The van der Waals surface area contributed by atoms with Crippen LogP contribution in [0.1, 0.15) is 31.0 Å². The summed E-state index contributed by atoms with van der Waals surface area (Å²) in [7, 11) is 0. The van der Waals surface area contributed by atoms with E-state index < -0.39 is 23.4 Å². The van der Waals surface area contributed by atoms with Gasteiger partial charge < -0.3 is 10.6 Å². The highest BCUT2D eigenvalue weighted by Gasteiger charge is 2.49. The van der Waals surface area contributed by atoms with Crippen LogP contribution in [0.5, 0.6) is 0 Å². The van der Waals surface area contributed by atoms with Crippen molar-refractivity contribution in [2.75, 3.05) is 6.54 Å². The Morgan fingerprint density at radius 3 is 2.43 bits per heavy atom. The first-order valence-electron chi connectivity index (χ1n) is 8.82. The number of amides is 4. The maximum atomic E-state index is 12.8. The van der Waals surface area contributed by atoms with Crippen molar-refractivity contribution in [1.29, 1.82) is 0 Å². The van der Waals surface area contributed by atoms with Crippen LogP contribution in [0.3, 0.4) is 0 Å². The van der Waals surface area contributed by atoms with E-state index in [1.165, 1.54) is 0 Å². The van der Waals surface area contributed by atoms with Gasteiger partial charge in [0, 0.05) is 11.1 Å². The standard InChI is InChI=1S/C20H21ClN4O3/c1-13(14-8-10-16(21)11-9-14)22-12-17(26)24-25-18(27)20(2,23-19(25)28)15-6-4-3-5-7-15/h3-11,13,22H,12H2,1-2H3,(H,23,28)(H,24,26)/t13-,20-/m1/s1. The number of hydrazine groups is 1. The van der Waals surface area contributed by atoms with Gasteiger partial charge in [-0.05, 0) is 37.1 Å².